The van der Waals surface area contributed by atoms with Crippen LogP contribution < -0.4 is 0 Å². The molecule has 0 aliphatic carbocycles. The van der Waals surface area contributed by atoms with Crippen LogP contribution in [-0.4, -0.2) is 35.5 Å². The van der Waals surface area contributed by atoms with E-state index in [4.69, 9.17) is 5.11 Å². The van der Waals surface area contributed by atoms with E-state index in [-0.39, 0.29) is 11.5 Å². The Morgan fingerprint density at radius 2 is 1.81 bits per heavy atom. The second-order valence-electron chi connectivity index (χ2n) is 3.36. The molecule has 0 saturated carbocycles. The number of carbonyl (C=O) groups is 2. The number of rotatable bonds is 4. The normalized spacial score (nSPS) is 9.56. The van der Waals surface area contributed by atoms with Crippen LogP contribution in [0.5, 0.6) is 0 Å². The van der Waals surface area contributed by atoms with Gasteiger partial charge in [-0.15, -0.1) is 6.58 Å². The van der Waals surface area contributed by atoms with Gasteiger partial charge in [0.2, 0.25) is 0 Å². The molecule has 0 heterocycles. The summed E-state index contributed by atoms with van der Waals surface area (Å²) in [4.78, 5) is 23.9. The highest BCUT2D eigenvalue weighted by molar-refractivity contribution is 5.95. The maximum absolute atomic E-state index is 11.7. The summed E-state index contributed by atoms with van der Waals surface area (Å²) >= 11 is 0. The second kappa shape index (κ2) is 5.11. The lowest BCUT2D eigenvalue weighted by Gasteiger charge is -2.14. The summed E-state index contributed by atoms with van der Waals surface area (Å²) < 4.78 is 0. The lowest BCUT2D eigenvalue weighted by molar-refractivity contribution is 0.0695. The predicted molar refractivity (Wildman–Crippen MR) is 60.6 cm³/mol. The fraction of sp³-hybridized carbons (Fsp3) is 0.167. The first kappa shape index (κ1) is 12.0. The summed E-state index contributed by atoms with van der Waals surface area (Å²) in [6.07, 6.45) is 1.63. The van der Waals surface area contributed by atoms with Crippen LogP contribution in [0.3, 0.4) is 0 Å². The first-order valence-corrected chi connectivity index (χ1v) is 4.76. The molecule has 0 spiro atoms. The number of carboxylic acids is 1. The molecule has 4 heteroatoms. The number of carbonyl (C=O) groups excluding carboxylic acids is 1. The number of nitrogens with zero attached hydrogens (tertiary/aromatic N) is 1. The Bertz CT molecular complexity index is 409. The van der Waals surface area contributed by atoms with Crippen molar-refractivity contribution in [3.8, 4) is 0 Å². The number of likely N-dealkylation sites (N-methyl/N-ethyl adjacent to an activating group) is 1. The fourth-order valence-corrected chi connectivity index (χ4v) is 1.25. The molecule has 16 heavy (non-hydrogen) atoms. The first-order chi connectivity index (χ1) is 7.56. The van der Waals surface area contributed by atoms with E-state index in [0.29, 0.717) is 12.1 Å². The predicted octanol–water partition coefficient (Wildman–Crippen LogP) is 1.64. The van der Waals surface area contributed by atoms with E-state index >= 15 is 0 Å². The molecule has 0 atom stereocenters. The minimum atomic E-state index is -1.00. The van der Waals surface area contributed by atoms with E-state index in [9.17, 15) is 9.59 Å². The summed E-state index contributed by atoms with van der Waals surface area (Å²) in [5, 5.41) is 8.70. The zero-order valence-electron chi connectivity index (χ0n) is 9.01. The van der Waals surface area contributed by atoms with Crippen LogP contribution in [0.4, 0.5) is 0 Å². The van der Waals surface area contributed by atoms with Crippen molar-refractivity contribution in [2.75, 3.05) is 13.6 Å². The van der Waals surface area contributed by atoms with Gasteiger partial charge in [0.25, 0.3) is 5.91 Å². The van der Waals surface area contributed by atoms with Gasteiger partial charge in [-0.25, -0.2) is 4.79 Å². The summed E-state index contributed by atoms with van der Waals surface area (Å²) in [5.41, 5.74) is 0.636. The van der Waals surface area contributed by atoms with Gasteiger partial charge in [-0.3, -0.25) is 4.79 Å². The standard InChI is InChI=1S/C12H13NO3/c1-3-8-13(2)11(14)9-4-6-10(7-5-9)12(15)16/h3-7H,1,8H2,2H3,(H,15,16). The molecular formula is C12H13NO3. The lowest BCUT2D eigenvalue weighted by atomic mass is 10.1. The molecule has 0 unspecified atom stereocenters. The number of hydrogen-bond acceptors (Lipinski definition) is 2. The lowest BCUT2D eigenvalue weighted by Crippen LogP contribution is -2.26. The minimum Gasteiger partial charge on any atom is -0.478 e. The summed E-state index contributed by atoms with van der Waals surface area (Å²) in [5.74, 6) is -1.16. The quantitative estimate of drug-likeness (QED) is 0.783. The van der Waals surface area contributed by atoms with E-state index in [1.165, 1.54) is 29.2 Å². The van der Waals surface area contributed by atoms with Crippen LogP contribution in [0, 0.1) is 0 Å². The van der Waals surface area contributed by atoms with E-state index < -0.39 is 5.97 Å². The molecule has 0 saturated heterocycles. The zero-order valence-corrected chi connectivity index (χ0v) is 9.01. The number of amides is 1. The third kappa shape index (κ3) is 2.70. The van der Waals surface area contributed by atoms with Crippen LogP contribution in [0.15, 0.2) is 36.9 Å². The topological polar surface area (TPSA) is 57.6 Å². The van der Waals surface area contributed by atoms with Crippen molar-refractivity contribution in [2.45, 2.75) is 0 Å². The fourth-order valence-electron chi connectivity index (χ4n) is 1.25. The van der Waals surface area contributed by atoms with Gasteiger partial charge < -0.3 is 10.0 Å². The Labute approximate surface area is 93.8 Å². The van der Waals surface area contributed by atoms with E-state index in [0.717, 1.165) is 0 Å². The molecule has 0 aliphatic rings. The third-order valence-electron chi connectivity index (χ3n) is 2.13. The Hall–Kier alpha value is -2.10. The zero-order chi connectivity index (χ0) is 12.1. The average Bonchev–Trinajstić information content (AvgIpc) is 2.28. The van der Waals surface area contributed by atoms with Crippen LogP contribution in [-0.2, 0) is 0 Å². The van der Waals surface area contributed by atoms with Gasteiger partial charge in [-0.2, -0.15) is 0 Å². The number of benzene rings is 1. The van der Waals surface area contributed by atoms with Gasteiger partial charge in [-0.05, 0) is 24.3 Å². The number of aromatic carboxylic acids is 1. The van der Waals surface area contributed by atoms with Crippen LogP contribution in [0.25, 0.3) is 0 Å². The molecule has 4 nitrogen and oxygen atoms in total. The third-order valence-corrected chi connectivity index (χ3v) is 2.13. The van der Waals surface area contributed by atoms with Crippen molar-refractivity contribution in [3.63, 3.8) is 0 Å². The summed E-state index contributed by atoms with van der Waals surface area (Å²) in [7, 11) is 1.66. The number of carboxylic acid groups (broad SMARTS) is 1. The van der Waals surface area contributed by atoms with Gasteiger partial charge in [0.15, 0.2) is 0 Å². The number of hydrogen-bond donors (Lipinski definition) is 1. The highest BCUT2D eigenvalue weighted by Crippen LogP contribution is 2.07. The monoisotopic (exact) mass is 219 g/mol. The SMILES string of the molecule is C=CCN(C)C(=O)c1ccc(C(=O)O)cc1. The van der Waals surface area contributed by atoms with Crippen molar-refractivity contribution in [3.05, 3.63) is 48.0 Å². The van der Waals surface area contributed by atoms with E-state index in [2.05, 4.69) is 6.58 Å². The molecule has 0 aliphatic heterocycles. The largest absolute Gasteiger partial charge is 0.478 e. The first-order valence-electron chi connectivity index (χ1n) is 4.76. The van der Waals surface area contributed by atoms with Crippen LogP contribution in [0.1, 0.15) is 20.7 Å². The molecule has 1 amide bonds. The van der Waals surface area contributed by atoms with Gasteiger partial charge in [0.1, 0.15) is 0 Å². The molecular weight excluding hydrogens is 206 g/mol. The molecule has 0 radical (unpaired) electrons. The molecule has 84 valence electrons. The molecule has 0 fully saturated rings. The minimum absolute atomic E-state index is 0.156. The Morgan fingerprint density at radius 3 is 2.25 bits per heavy atom. The molecule has 1 N–H and O–H groups in total. The van der Waals surface area contributed by atoms with E-state index in [1.807, 2.05) is 0 Å². The van der Waals surface area contributed by atoms with Gasteiger partial charge in [0.05, 0.1) is 5.56 Å². The van der Waals surface area contributed by atoms with Gasteiger partial charge in [-0.1, -0.05) is 6.08 Å². The van der Waals surface area contributed by atoms with Crippen LogP contribution in [0.2, 0.25) is 0 Å². The van der Waals surface area contributed by atoms with Crippen molar-refractivity contribution < 1.29 is 14.7 Å². The molecule has 0 aromatic heterocycles. The molecule has 1 rings (SSSR count). The molecule has 1 aromatic rings. The van der Waals surface area contributed by atoms with Crippen molar-refractivity contribution in [1.29, 1.82) is 0 Å². The summed E-state index contributed by atoms with van der Waals surface area (Å²) in [6, 6.07) is 5.84. The van der Waals surface area contributed by atoms with Gasteiger partial charge in [0, 0.05) is 19.2 Å². The second-order valence-corrected chi connectivity index (χ2v) is 3.36. The highest BCUT2D eigenvalue weighted by Gasteiger charge is 2.10. The molecule has 0 bridgehead atoms. The van der Waals surface area contributed by atoms with Crippen molar-refractivity contribution >= 4 is 11.9 Å². The Morgan fingerprint density at radius 1 is 1.31 bits per heavy atom. The van der Waals surface area contributed by atoms with Crippen LogP contribution >= 0.6 is 0 Å². The average molecular weight is 219 g/mol. The Balaban J connectivity index is 2.85. The molecule has 1 aromatic carbocycles. The van der Waals surface area contributed by atoms with Crippen molar-refractivity contribution in [2.24, 2.45) is 0 Å². The van der Waals surface area contributed by atoms with Gasteiger partial charge >= 0.3 is 5.97 Å². The summed E-state index contributed by atoms with van der Waals surface area (Å²) in [6.45, 7) is 4.00. The van der Waals surface area contributed by atoms with Crippen molar-refractivity contribution in [1.82, 2.24) is 4.90 Å². The maximum Gasteiger partial charge on any atom is 0.335 e. The Kier molecular flexibility index (Phi) is 3.83. The highest BCUT2D eigenvalue weighted by atomic mass is 16.4. The van der Waals surface area contributed by atoms with E-state index in [1.54, 1.807) is 13.1 Å². The maximum atomic E-state index is 11.7. The smallest absolute Gasteiger partial charge is 0.335 e.